The van der Waals surface area contributed by atoms with Crippen molar-refractivity contribution in [1.82, 2.24) is 15.1 Å². The molecule has 3 aliphatic heterocycles. The first kappa shape index (κ1) is 31.7. The molecule has 0 aliphatic carbocycles. The summed E-state index contributed by atoms with van der Waals surface area (Å²) < 4.78 is 29.0. The molecule has 0 spiro atoms. The van der Waals surface area contributed by atoms with Crippen molar-refractivity contribution < 1.29 is 23.5 Å². The van der Waals surface area contributed by atoms with E-state index in [2.05, 4.69) is 27.4 Å². The molecule has 7 nitrogen and oxygen atoms in total. The fraction of sp³-hybridized carbons (Fsp3) is 0.588. The van der Waals surface area contributed by atoms with Gasteiger partial charge in [0.15, 0.2) is 17.4 Å². The number of anilines is 1. The highest BCUT2D eigenvalue weighted by Crippen LogP contribution is 2.34. The number of nitrogens with zero attached hydrogens (tertiary/aromatic N) is 2. The minimum Gasteiger partial charge on any atom is -0.377 e. The van der Waals surface area contributed by atoms with E-state index in [9.17, 15) is 23.5 Å². The zero-order valence-electron chi connectivity index (χ0n) is 25.7. The van der Waals surface area contributed by atoms with Crippen molar-refractivity contribution in [3.63, 3.8) is 0 Å². The Morgan fingerprint density at radius 1 is 1.05 bits per heavy atom. The Morgan fingerprint density at radius 2 is 1.79 bits per heavy atom. The van der Waals surface area contributed by atoms with Crippen molar-refractivity contribution in [3.05, 3.63) is 53.1 Å². The summed E-state index contributed by atoms with van der Waals surface area (Å²) in [7, 11) is 0. The van der Waals surface area contributed by atoms with Crippen molar-refractivity contribution in [2.75, 3.05) is 38.0 Å². The van der Waals surface area contributed by atoms with Crippen molar-refractivity contribution in [2.24, 2.45) is 11.8 Å². The third kappa shape index (κ3) is 6.85. The first-order valence-electron chi connectivity index (χ1n) is 16.0. The van der Waals surface area contributed by atoms with Gasteiger partial charge >= 0.3 is 0 Å². The molecule has 0 saturated carbocycles. The number of Topliss-reactive ketones (excluding diaryl/α,β-unsaturated/α-hetero) is 1. The molecule has 5 rings (SSSR count). The number of aryl methyl sites for hydroxylation is 1. The molecule has 0 radical (unpaired) electrons. The van der Waals surface area contributed by atoms with Crippen LogP contribution in [0.3, 0.4) is 0 Å². The Bertz CT molecular complexity index is 1310. The molecule has 3 fully saturated rings. The number of ketones is 1. The van der Waals surface area contributed by atoms with Crippen LogP contribution in [0.5, 0.6) is 0 Å². The number of aliphatic hydroxyl groups is 1. The van der Waals surface area contributed by atoms with Gasteiger partial charge in [0.25, 0.3) is 0 Å². The molecule has 3 N–H and O–H groups in total. The van der Waals surface area contributed by atoms with Crippen LogP contribution >= 0.6 is 0 Å². The van der Waals surface area contributed by atoms with Crippen molar-refractivity contribution >= 4 is 17.4 Å². The highest BCUT2D eigenvalue weighted by Gasteiger charge is 2.41. The molecule has 0 aromatic heterocycles. The second-order valence-corrected chi connectivity index (χ2v) is 12.6. The predicted molar refractivity (Wildman–Crippen MR) is 165 cm³/mol. The molecule has 3 heterocycles. The molecule has 4 atom stereocenters. The number of aliphatic hydroxyl groups excluding tert-OH is 1. The molecular formula is C34H46F2N4O3. The van der Waals surface area contributed by atoms with E-state index in [0.29, 0.717) is 23.8 Å². The normalized spacial score (nSPS) is 24.9. The average molecular weight is 597 g/mol. The van der Waals surface area contributed by atoms with E-state index in [4.69, 9.17) is 0 Å². The first-order valence-corrected chi connectivity index (χ1v) is 16.0. The first-order chi connectivity index (χ1) is 20.7. The maximum atomic E-state index is 14.7. The van der Waals surface area contributed by atoms with Gasteiger partial charge in [-0.1, -0.05) is 31.5 Å². The smallest absolute Gasteiger partial charge is 0.229 e. The van der Waals surface area contributed by atoms with Gasteiger partial charge in [-0.25, -0.2) is 8.78 Å². The van der Waals surface area contributed by atoms with Crippen LogP contribution in [0.4, 0.5) is 14.5 Å². The average Bonchev–Trinajstić information content (AvgIpc) is 3.40. The Morgan fingerprint density at radius 3 is 2.51 bits per heavy atom. The summed E-state index contributed by atoms with van der Waals surface area (Å²) >= 11 is 0. The summed E-state index contributed by atoms with van der Waals surface area (Å²) in [6.45, 7) is 9.20. The summed E-state index contributed by atoms with van der Waals surface area (Å²) in [6.07, 6.45) is 6.20. The van der Waals surface area contributed by atoms with Crippen LogP contribution in [-0.2, 0) is 4.79 Å². The van der Waals surface area contributed by atoms with Gasteiger partial charge in [-0.3, -0.25) is 19.4 Å². The van der Waals surface area contributed by atoms with E-state index in [-0.39, 0.29) is 46.3 Å². The Labute approximate surface area is 254 Å². The molecular weight excluding hydrogens is 550 g/mol. The van der Waals surface area contributed by atoms with Crippen molar-refractivity contribution in [3.8, 4) is 11.1 Å². The van der Waals surface area contributed by atoms with Gasteiger partial charge in [-0.2, -0.15) is 0 Å². The molecule has 1 amide bonds. The number of piperidine rings is 1. The summed E-state index contributed by atoms with van der Waals surface area (Å²) in [4.78, 5) is 31.2. The van der Waals surface area contributed by atoms with Crippen LogP contribution in [0.15, 0.2) is 30.3 Å². The molecule has 4 unspecified atom stereocenters. The van der Waals surface area contributed by atoms with Crippen molar-refractivity contribution in [1.29, 1.82) is 0 Å². The quantitative estimate of drug-likeness (QED) is 0.356. The number of hydrogen-bond acceptors (Lipinski definition) is 6. The maximum Gasteiger partial charge on any atom is 0.229 e. The number of halogens is 2. The zero-order valence-corrected chi connectivity index (χ0v) is 25.7. The van der Waals surface area contributed by atoms with Gasteiger partial charge in [-0.05, 0) is 101 Å². The number of benzene rings is 2. The number of nitrogens with one attached hydrogen (secondary N) is 2. The van der Waals surface area contributed by atoms with Crippen LogP contribution in [-0.4, -0.2) is 77.6 Å². The van der Waals surface area contributed by atoms with Gasteiger partial charge < -0.3 is 15.7 Å². The van der Waals surface area contributed by atoms with E-state index < -0.39 is 17.9 Å². The van der Waals surface area contributed by atoms with Gasteiger partial charge in [-0.15, -0.1) is 0 Å². The summed E-state index contributed by atoms with van der Waals surface area (Å²) in [5.41, 5.74) is 1.23. The van der Waals surface area contributed by atoms with Crippen LogP contribution in [0.1, 0.15) is 74.7 Å². The number of amides is 1. The minimum atomic E-state index is -0.963. The van der Waals surface area contributed by atoms with Gasteiger partial charge in [0.05, 0.1) is 11.6 Å². The van der Waals surface area contributed by atoms with Crippen LogP contribution in [0.2, 0.25) is 0 Å². The van der Waals surface area contributed by atoms with E-state index in [1.54, 1.807) is 12.1 Å². The lowest BCUT2D eigenvalue weighted by Gasteiger charge is -2.41. The van der Waals surface area contributed by atoms with Gasteiger partial charge in [0.1, 0.15) is 6.23 Å². The molecule has 234 valence electrons. The monoisotopic (exact) mass is 596 g/mol. The molecule has 43 heavy (non-hydrogen) atoms. The zero-order chi connectivity index (χ0) is 30.7. The number of hydrogen-bond donors (Lipinski definition) is 3. The Hall–Kier alpha value is -2.72. The summed E-state index contributed by atoms with van der Waals surface area (Å²) in [6, 6.07) is 8.27. The van der Waals surface area contributed by atoms with E-state index in [1.807, 2.05) is 0 Å². The molecule has 2 aromatic carbocycles. The lowest BCUT2D eigenvalue weighted by Crippen LogP contribution is -2.55. The van der Waals surface area contributed by atoms with E-state index in [0.717, 1.165) is 71.1 Å². The second kappa shape index (κ2) is 13.9. The number of rotatable bonds is 8. The standard InChI is InChI=1S/C34H46F2N4O3/c1-4-23-7-5-17-39(34(43)30-8-6-18-40(30)25-13-15-37-16-14-25)20-28(23)33(42)38-29-12-10-24(19-27(29)22(3)41)26-11-9-21(2)31(35)32(26)36/h9-12,19,23,25,28,30,34,37,43H,4-8,13-18,20H2,1-3H3,(H,38,42). The molecule has 9 heteroatoms. The number of likely N-dealkylation sites (tertiary alicyclic amines) is 2. The SMILES string of the molecule is CCC1CCCN(C(O)C2CCCN2C2CCNCC2)CC1C(=O)Nc1ccc(-c2ccc(C)c(F)c2F)cc1C(C)=O. The fourth-order valence-electron chi connectivity index (χ4n) is 7.45. The lowest BCUT2D eigenvalue weighted by molar-refractivity contribution is -0.124. The third-order valence-corrected chi connectivity index (χ3v) is 9.96. The van der Waals surface area contributed by atoms with Crippen LogP contribution in [0.25, 0.3) is 11.1 Å². The number of carbonyl (C=O) groups excluding carboxylic acids is 2. The van der Waals surface area contributed by atoms with Crippen molar-refractivity contribution in [2.45, 2.75) is 84.0 Å². The predicted octanol–water partition coefficient (Wildman–Crippen LogP) is 5.35. The molecule has 3 saturated heterocycles. The largest absolute Gasteiger partial charge is 0.377 e. The lowest BCUT2D eigenvalue weighted by atomic mass is 9.86. The molecule has 0 bridgehead atoms. The fourth-order valence-corrected chi connectivity index (χ4v) is 7.45. The van der Waals surface area contributed by atoms with Gasteiger partial charge in [0.2, 0.25) is 5.91 Å². The third-order valence-electron chi connectivity index (χ3n) is 9.96. The van der Waals surface area contributed by atoms with E-state index in [1.165, 1.54) is 32.0 Å². The van der Waals surface area contributed by atoms with Crippen LogP contribution < -0.4 is 10.6 Å². The number of carbonyl (C=O) groups is 2. The molecule has 3 aliphatic rings. The van der Waals surface area contributed by atoms with Gasteiger partial charge in [0, 0.05) is 36.3 Å². The minimum absolute atomic E-state index is 0.0633. The second-order valence-electron chi connectivity index (χ2n) is 12.6. The Kier molecular flexibility index (Phi) is 10.3. The van der Waals surface area contributed by atoms with Crippen LogP contribution in [0, 0.1) is 30.4 Å². The summed E-state index contributed by atoms with van der Waals surface area (Å²) in [5, 5.41) is 18.1. The molecule has 2 aromatic rings. The van der Waals surface area contributed by atoms with E-state index >= 15 is 0 Å². The maximum absolute atomic E-state index is 14.7. The summed E-state index contributed by atoms with van der Waals surface area (Å²) in [5.74, 6) is -2.56. The topological polar surface area (TPSA) is 84.9 Å². The Balaban J connectivity index is 1.35. The highest BCUT2D eigenvalue weighted by molar-refractivity contribution is 6.05. The highest BCUT2D eigenvalue weighted by atomic mass is 19.2.